The van der Waals surface area contributed by atoms with E-state index in [0.717, 1.165) is 50.7 Å². The summed E-state index contributed by atoms with van der Waals surface area (Å²) in [6, 6.07) is 4.88. The molecular weight excluding hydrogens is 447 g/mol. The molecule has 0 aliphatic rings. The third kappa shape index (κ3) is 15.3. The van der Waals surface area contributed by atoms with E-state index in [0.29, 0.717) is 13.1 Å². The molecule has 0 saturated carbocycles. The first-order valence-electron chi connectivity index (χ1n) is 14.4. The van der Waals surface area contributed by atoms with E-state index >= 15 is 0 Å². The van der Waals surface area contributed by atoms with Crippen molar-refractivity contribution in [3.8, 4) is 0 Å². The van der Waals surface area contributed by atoms with Crippen LogP contribution in [0.2, 0.25) is 0 Å². The van der Waals surface area contributed by atoms with Gasteiger partial charge in [-0.2, -0.15) is 13.2 Å². The van der Waals surface area contributed by atoms with Gasteiger partial charge in [-0.3, -0.25) is 4.79 Å². The minimum Gasteiger partial charge on any atom is -0.339 e. The van der Waals surface area contributed by atoms with Crippen molar-refractivity contribution in [1.29, 1.82) is 0 Å². The summed E-state index contributed by atoms with van der Waals surface area (Å²) in [5, 5.41) is 0. The van der Waals surface area contributed by atoms with E-state index in [9.17, 15) is 18.0 Å². The van der Waals surface area contributed by atoms with E-state index in [1.807, 2.05) is 0 Å². The van der Waals surface area contributed by atoms with Gasteiger partial charge in [-0.05, 0) is 31.0 Å². The van der Waals surface area contributed by atoms with Gasteiger partial charge in [0.2, 0.25) is 0 Å². The summed E-state index contributed by atoms with van der Waals surface area (Å²) in [6.07, 6.45) is 17.2. The summed E-state index contributed by atoms with van der Waals surface area (Å²) < 4.78 is 39.4. The number of alkyl halides is 3. The lowest BCUT2D eigenvalue weighted by atomic mass is 10.1. The number of nitrogens with zero attached hydrogens (tertiary/aromatic N) is 1. The lowest BCUT2D eigenvalue weighted by molar-refractivity contribution is -0.137. The molecule has 0 N–H and O–H groups in total. The third-order valence-electron chi connectivity index (χ3n) is 6.79. The monoisotopic (exact) mass is 497 g/mol. The van der Waals surface area contributed by atoms with Gasteiger partial charge in [-0.1, -0.05) is 123 Å². The Balaban J connectivity index is 2.50. The number of amides is 1. The van der Waals surface area contributed by atoms with Crippen molar-refractivity contribution in [3.05, 3.63) is 35.4 Å². The van der Waals surface area contributed by atoms with Gasteiger partial charge in [0.15, 0.2) is 0 Å². The van der Waals surface area contributed by atoms with Crippen LogP contribution in [-0.2, 0) is 6.18 Å². The number of hydrogen-bond acceptors (Lipinski definition) is 1. The molecule has 0 bridgehead atoms. The Morgan fingerprint density at radius 2 is 1.06 bits per heavy atom. The third-order valence-corrected chi connectivity index (χ3v) is 6.79. The van der Waals surface area contributed by atoms with Gasteiger partial charge in [0.1, 0.15) is 0 Å². The van der Waals surface area contributed by atoms with E-state index in [2.05, 4.69) is 13.8 Å². The fraction of sp³-hybridized carbons (Fsp3) is 0.767. The summed E-state index contributed by atoms with van der Waals surface area (Å²) in [5.74, 6) is -0.268. The minimum atomic E-state index is -4.44. The fourth-order valence-corrected chi connectivity index (χ4v) is 4.55. The molecule has 0 aliphatic heterocycles. The number of benzene rings is 1. The van der Waals surface area contributed by atoms with Crippen LogP contribution in [0.25, 0.3) is 0 Å². The molecule has 2 nitrogen and oxygen atoms in total. The van der Waals surface area contributed by atoms with Crippen LogP contribution < -0.4 is 0 Å². The highest BCUT2D eigenvalue weighted by Crippen LogP contribution is 2.30. The second-order valence-electron chi connectivity index (χ2n) is 10.0. The van der Waals surface area contributed by atoms with Crippen LogP contribution in [0.4, 0.5) is 13.2 Å². The maximum Gasteiger partial charge on any atom is 0.416 e. The lowest BCUT2D eigenvalue weighted by Crippen LogP contribution is -2.33. The Hall–Kier alpha value is -1.52. The summed E-state index contributed by atoms with van der Waals surface area (Å²) in [7, 11) is 0. The van der Waals surface area contributed by atoms with Crippen molar-refractivity contribution in [3.63, 3.8) is 0 Å². The van der Waals surface area contributed by atoms with Crippen LogP contribution in [0.3, 0.4) is 0 Å². The van der Waals surface area contributed by atoms with E-state index in [-0.39, 0.29) is 11.5 Å². The zero-order valence-corrected chi connectivity index (χ0v) is 22.4. The Morgan fingerprint density at radius 1 is 0.657 bits per heavy atom. The Labute approximate surface area is 213 Å². The number of hydrogen-bond donors (Lipinski definition) is 0. The number of unbranched alkanes of at least 4 members (excludes halogenated alkanes) is 16. The van der Waals surface area contributed by atoms with Crippen molar-refractivity contribution in [2.24, 2.45) is 0 Å². The maximum absolute atomic E-state index is 13.1. The second-order valence-corrected chi connectivity index (χ2v) is 10.0. The molecule has 35 heavy (non-hydrogen) atoms. The molecule has 5 heteroatoms. The SMILES string of the molecule is CCCCCCCCCCCN(CCCCCCCCCCC)C(=O)c1cccc(C(F)(F)F)c1. The molecule has 0 unspecified atom stereocenters. The highest BCUT2D eigenvalue weighted by molar-refractivity contribution is 5.94. The van der Waals surface area contributed by atoms with Gasteiger partial charge in [-0.25, -0.2) is 0 Å². The Kier molecular flexibility index (Phi) is 17.7. The van der Waals surface area contributed by atoms with E-state index in [1.165, 1.54) is 89.2 Å². The van der Waals surface area contributed by atoms with Gasteiger partial charge in [0.25, 0.3) is 5.91 Å². The average molecular weight is 498 g/mol. The first kappa shape index (κ1) is 31.5. The molecule has 0 aliphatic carbocycles. The zero-order chi connectivity index (χ0) is 25.8. The van der Waals surface area contributed by atoms with Crippen LogP contribution in [0.15, 0.2) is 24.3 Å². The summed E-state index contributed by atoms with van der Waals surface area (Å²) in [5.41, 5.74) is -0.610. The number of halogens is 3. The fourth-order valence-electron chi connectivity index (χ4n) is 4.55. The Morgan fingerprint density at radius 3 is 1.46 bits per heavy atom. The van der Waals surface area contributed by atoms with Gasteiger partial charge in [0.05, 0.1) is 5.56 Å². The van der Waals surface area contributed by atoms with E-state index < -0.39 is 11.7 Å². The number of rotatable bonds is 21. The van der Waals surface area contributed by atoms with Crippen LogP contribution in [-0.4, -0.2) is 23.9 Å². The van der Waals surface area contributed by atoms with Crippen molar-refractivity contribution in [2.75, 3.05) is 13.1 Å². The van der Waals surface area contributed by atoms with Crippen LogP contribution >= 0.6 is 0 Å². The van der Waals surface area contributed by atoms with Crippen LogP contribution in [0.5, 0.6) is 0 Å². The van der Waals surface area contributed by atoms with Gasteiger partial charge in [0, 0.05) is 18.7 Å². The van der Waals surface area contributed by atoms with Crippen molar-refractivity contribution < 1.29 is 18.0 Å². The number of carbonyl (C=O) groups is 1. The Bertz CT molecular complexity index is 637. The van der Waals surface area contributed by atoms with E-state index in [4.69, 9.17) is 0 Å². The molecule has 1 aromatic carbocycles. The van der Waals surface area contributed by atoms with Crippen molar-refractivity contribution in [2.45, 2.75) is 136 Å². The number of carbonyl (C=O) groups excluding carboxylic acids is 1. The largest absolute Gasteiger partial charge is 0.416 e. The molecule has 0 saturated heterocycles. The first-order chi connectivity index (χ1) is 16.9. The molecule has 0 fully saturated rings. The lowest BCUT2D eigenvalue weighted by Gasteiger charge is -2.23. The smallest absolute Gasteiger partial charge is 0.339 e. The summed E-state index contributed by atoms with van der Waals surface area (Å²) in [4.78, 5) is 14.9. The molecule has 1 rings (SSSR count). The minimum absolute atomic E-state index is 0.145. The van der Waals surface area contributed by atoms with E-state index in [1.54, 1.807) is 4.90 Å². The maximum atomic E-state index is 13.1. The molecule has 1 amide bonds. The average Bonchev–Trinajstić information content (AvgIpc) is 2.84. The topological polar surface area (TPSA) is 20.3 Å². The van der Waals surface area contributed by atoms with Gasteiger partial charge < -0.3 is 4.90 Å². The van der Waals surface area contributed by atoms with Crippen molar-refractivity contribution in [1.82, 2.24) is 4.90 Å². The molecular formula is C30H50F3NO. The quantitative estimate of drug-likeness (QED) is 0.155. The predicted molar refractivity (Wildman–Crippen MR) is 142 cm³/mol. The molecule has 1 aromatic rings. The molecule has 202 valence electrons. The van der Waals surface area contributed by atoms with Gasteiger partial charge in [-0.15, -0.1) is 0 Å². The molecule has 0 atom stereocenters. The molecule has 0 spiro atoms. The second kappa shape index (κ2) is 19.6. The predicted octanol–water partition coefficient (Wildman–Crippen LogP) is 10.2. The normalized spacial score (nSPS) is 11.7. The summed E-state index contributed by atoms with van der Waals surface area (Å²) in [6.45, 7) is 5.70. The molecule has 0 heterocycles. The highest BCUT2D eigenvalue weighted by Gasteiger charge is 2.31. The summed E-state index contributed by atoms with van der Waals surface area (Å²) >= 11 is 0. The first-order valence-corrected chi connectivity index (χ1v) is 14.4. The standard InChI is InChI=1S/C30H50F3NO/c1-3-5-7-9-11-13-15-17-19-24-34(25-20-18-16-14-12-10-8-6-4-2)29(35)27-22-21-23-28(26-27)30(31,32)33/h21-23,26H,3-20,24-25H2,1-2H3. The van der Waals surface area contributed by atoms with Crippen LogP contribution in [0.1, 0.15) is 145 Å². The highest BCUT2D eigenvalue weighted by atomic mass is 19.4. The van der Waals surface area contributed by atoms with Crippen molar-refractivity contribution >= 4 is 5.91 Å². The molecule has 0 radical (unpaired) electrons. The zero-order valence-electron chi connectivity index (χ0n) is 22.4. The van der Waals surface area contributed by atoms with Gasteiger partial charge >= 0.3 is 6.18 Å². The molecule has 0 aromatic heterocycles. The van der Waals surface area contributed by atoms with Crippen LogP contribution in [0, 0.1) is 0 Å².